The van der Waals surface area contributed by atoms with E-state index in [1.54, 1.807) is 14.2 Å². The normalized spacial score (nSPS) is 16.9. The lowest BCUT2D eigenvalue weighted by Gasteiger charge is -2.32. The first-order chi connectivity index (χ1) is 13.7. The summed E-state index contributed by atoms with van der Waals surface area (Å²) in [6.07, 6.45) is 1.04. The zero-order valence-electron chi connectivity index (χ0n) is 16.8. The topological polar surface area (TPSA) is 35.1 Å². The van der Waals surface area contributed by atoms with E-state index in [-0.39, 0.29) is 5.92 Å². The van der Waals surface area contributed by atoms with Gasteiger partial charge in [-0.25, -0.2) is 0 Å². The highest BCUT2D eigenvalue weighted by atomic mass is 16.5. The lowest BCUT2D eigenvalue weighted by atomic mass is 9.78. The molecule has 3 aromatic rings. The fourth-order valence-corrected chi connectivity index (χ4v) is 4.37. The number of hydrogen-bond acceptors (Lipinski definition) is 2. The Morgan fingerprint density at radius 3 is 2.18 bits per heavy atom. The van der Waals surface area contributed by atoms with Gasteiger partial charge in [-0.3, -0.25) is 0 Å². The summed E-state index contributed by atoms with van der Waals surface area (Å²) in [5.74, 6) is 1.89. The summed E-state index contributed by atoms with van der Waals surface area (Å²) in [7, 11) is 3.41. The number of hydrogen-bond donors (Lipinski definition) is 1. The third kappa shape index (κ3) is 3.50. The molecule has 0 saturated carbocycles. The molecule has 28 heavy (non-hydrogen) atoms. The summed E-state index contributed by atoms with van der Waals surface area (Å²) < 4.78 is 11.2. The van der Waals surface area contributed by atoms with Crippen molar-refractivity contribution in [3.05, 3.63) is 94.5 Å². The number of aryl methyl sites for hydroxylation is 1. The molecule has 1 aliphatic heterocycles. The van der Waals surface area contributed by atoms with Gasteiger partial charge in [0.25, 0.3) is 0 Å². The molecule has 3 nitrogen and oxygen atoms in total. The van der Waals surface area contributed by atoms with Crippen LogP contribution in [0, 0.1) is 6.92 Å². The van der Waals surface area contributed by atoms with Crippen LogP contribution in [0.1, 0.15) is 39.8 Å². The number of rotatable bonds is 5. The van der Waals surface area contributed by atoms with Crippen molar-refractivity contribution < 1.29 is 14.8 Å². The van der Waals surface area contributed by atoms with Crippen LogP contribution in [0.25, 0.3) is 0 Å². The molecule has 1 aliphatic rings. The number of fused-ring (bicyclic) bond motifs is 1. The summed E-state index contributed by atoms with van der Waals surface area (Å²) in [6.45, 7) is 3.21. The van der Waals surface area contributed by atoms with Crippen LogP contribution in [-0.4, -0.2) is 20.8 Å². The number of ether oxygens (including phenoxy) is 2. The Hall–Kier alpha value is -2.78. The van der Waals surface area contributed by atoms with Crippen molar-refractivity contribution in [1.82, 2.24) is 0 Å². The van der Waals surface area contributed by atoms with Gasteiger partial charge in [-0.1, -0.05) is 60.2 Å². The predicted octanol–water partition coefficient (Wildman–Crippen LogP) is 4.00. The van der Waals surface area contributed by atoms with Gasteiger partial charge in [0.2, 0.25) is 0 Å². The Labute approximate surface area is 167 Å². The SMILES string of the molecule is COc1cc2c(cc1OC)[C@H]([C@H](c1ccccc1)c1ccc(C)cc1)[NH2+]CC2. The Balaban J connectivity index is 1.85. The van der Waals surface area contributed by atoms with Crippen molar-refractivity contribution >= 4 is 0 Å². The highest BCUT2D eigenvalue weighted by molar-refractivity contribution is 5.50. The zero-order chi connectivity index (χ0) is 19.5. The summed E-state index contributed by atoms with van der Waals surface area (Å²) in [5.41, 5.74) is 6.68. The Bertz CT molecular complexity index is 935. The number of nitrogens with two attached hydrogens (primary N) is 1. The Morgan fingerprint density at radius 2 is 1.50 bits per heavy atom. The van der Waals surface area contributed by atoms with E-state index >= 15 is 0 Å². The van der Waals surface area contributed by atoms with E-state index < -0.39 is 0 Å². The van der Waals surface area contributed by atoms with Crippen LogP contribution in [0.5, 0.6) is 11.5 Å². The van der Waals surface area contributed by atoms with Gasteiger partial charge in [0.1, 0.15) is 6.04 Å². The van der Waals surface area contributed by atoms with Gasteiger partial charge in [0.05, 0.1) is 26.7 Å². The molecule has 0 bridgehead atoms. The molecule has 1 heterocycles. The van der Waals surface area contributed by atoms with E-state index in [1.165, 1.54) is 27.8 Å². The third-order valence-corrected chi connectivity index (χ3v) is 5.79. The van der Waals surface area contributed by atoms with Crippen LogP contribution in [-0.2, 0) is 6.42 Å². The van der Waals surface area contributed by atoms with E-state index in [2.05, 4.69) is 79.0 Å². The second kappa shape index (κ2) is 8.07. The maximum atomic E-state index is 5.62. The molecule has 144 valence electrons. The molecule has 4 rings (SSSR count). The van der Waals surface area contributed by atoms with Crippen molar-refractivity contribution in [2.75, 3.05) is 20.8 Å². The molecule has 0 aromatic heterocycles. The fraction of sp³-hybridized carbons (Fsp3) is 0.280. The lowest BCUT2D eigenvalue weighted by molar-refractivity contribution is -0.701. The van der Waals surface area contributed by atoms with Crippen molar-refractivity contribution in [3.8, 4) is 11.5 Å². The van der Waals surface area contributed by atoms with Crippen LogP contribution in [0.3, 0.4) is 0 Å². The van der Waals surface area contributed by atoms with Crippen molar-refractivity contribution in [3.63, 3.8) is 0 Å². The molecule has 2 N–H and O–H groups in total. The molecular formula is C25H28NO2+. The van der Waals surface area contributed by atoms with Gasteiger partial charge in [-0.2, -0.15) is 0 Å². The minimum absolute atomic E-state index is 0.277. The summed E-state index contributed by atoms with van der Waals surface area (Å²) in [6, 6.07) is 24.4. The molecule has 0 amide bonds. The van der Waals surface area contributed by atoms with Gasteiger partial charge < -0.3 is 14.8 Å². The molecule has 0 saturated heterocycles. The smallest absolute Gasteiger partial charge is 0.161 e. The maximum Gasteiger partial charge on any atom is 0.161 e. The molecule has 3 heteroatoms. The van der Waals surface area contributed by atoms with E-state index in [1.807, 2.05) is 0 Å². The van der Waals surface area contributed by atoms with E-state index in [0.29, 0.717) is 6.04 Å². The number of methoxy groups -OCH3 is 2. The van der Waals surface area contributed by atoms with Crippen LogP contribution in [0.4, 0.5) is 0 Å². The Kier molecular flexibility index (Phi) is 5.36. The van der Waals surface area contributed by atoms with Crippen LogP contribution < -0.4 is 14.8 Å². The summed E-state index contributed by atoms with van der Waals surface area (Å²) in [4.78, 5) is 0. The summed E-state index contributed by atoms with van der Waals surface area (Å²) >= 11 is 0. The molecule has 0 aliphatic carbocycles. The monoisotopic (exact) mass is 374 g/mol. The third-order valence-electron chi connectivity index (χ3n) is 5.79. The second-order valence-corrected chi connectivity index (χ2v) is 7.51. The molecule has 0 spiro atoms. The predicted molar refractivity (Wildman–Crippen MR) is 112 cm³/mol. The largest absolute Gasteiger partial charge is 0.493 e. The van der Waals surface area contributed by atoms with Gasteiger partial charge in [0, 0.05) is 12.0 Å². The van der Waals surface area contributed by atoms with Gasteiger partial charge in [-0.15, -0.1) is 0 Å². The molecule has 0 radical (unpaired) electrons. The van der Waals surface area contributed by atoms with Crippen molar-refractivity contribution in [2.45, 2.75) is 25.3 Å². The fourth-order valence-electron chi connectivity index (χ4n) is 4.37. The quantitative estimate of drug-likeness (QED) is 0.732. The minimum Gasteiger partial charge on any atom is -0.493 e. The van der Waals surface area contributed by atoms with Gasteiger partial charge in [0.15, 0.2) is 11.5 Å². The highest BCUT2D eigenvalue weighted by Crippen LogP contribution is 2.41. The van der Waals surface area contributed by atoms with E-state index in [0.717, 1.165) is 24.5 Å². The van der Waals surface area contributed by atoms with E-state index in [9.17, 15) is 0 Å². The lowest BCUT2D eigenvalue weighted by Crippen LogP contribution is -2.88. The minimum atomic E-state index is 0.277. The average molecular weight is 375 g/mol. The van der Waals surface area contributed by atoms with Crippen molar-refractivity contribution in [1.29, 1.82) is 0 Å². The first-order valence-corrected chi connectivity index (χ1v) is 9.91. The molecule has 3 aromatic carbocycles. The first kappa shape index (κ1) is 18.6. The Morgan fingerprint density at radius 1 is 0.857 bits per heavy atom. The molecular weight excluding hydrogens is 346 g/mol. The molecule has 2 atom stereocenters. The molecule has 0 unspecified atom stereocenters. The number of benzene rings is 3. The maximum absolute atomic E-state index is 5.62. The van der Waals surface area contributed by atoms with E-state index in [4.69, 9.17) is 9.47 Å². The summed E-state index contributed by atoms with van der Waals surface area (Å²) in [5, 5.41) is 2.48. The molecule has 0 fully saturated rings. The first-order valence-electron chi connectivity index (χ1n) is 9.91. The zero-order valence-corrected chi connectivity index (χ0v) is 16.8. The van der Waals surface area contributed by atoms with Crippen LogP contribution >= 0.6 is 0 Å². The highest BCUT2D eigenvalue weighted by Gasteiger charge is 2.34. The average Bonchev–Trinajstić information content (AvgIpc) is 2.75. The van der Waals surface area contributed by atoms with Crippen LogP contribution in [0.15, 0.2) is 66.7 Å². The second-order valence-electron chi connectivity index (χ2n) is 7.51. The van der Waals surface area contributed by atoms with Gasteiger partial charge in [-0.05, 0) is 35.7 Å². The van der Waals surface area contributed by atoms with Crippen molar-refractivity contribution in [2.24, 2.45) is 0 Å². The number of quaternary nitrogens is 1. The van der Waals surface area contributed by atoms with Gasteiger partial charge >= 0.3 is 0 Å². The van der Waals surface area contributed by atoms with Crippen LogP contribution in [0.2, 0.25) is 0 Å². The standard InChI is InChI=1S/C25H27NO2/c1-17-9-11-19(12-10-17)24(18-7-5-4-6-8-18)25-21-16-23(28-3)22(27-2)15-20(21)13-14-26-25/h4-12,15-16,24-26H,13-14H2,1-3H3/p+1/t24-,25-/m1/s1.